The van der Waals surface area contributed by atoms with Crippen molar-refractivity contribution < 1.29 is 19.7 Å². The van der Waals surface area contributed by atoms with Crippen LogP contribution in [0.2, 0.25) is 0 Å². The summed E-state index contributed by atoms with van der Waals surface area (Å²) < 4.78 is 0. The van der Waals surface area contributed by atoms with E-state index in [1.807, 2.05) is 0 Å². The molecule has 0 rings (SSSR count). The van der Waals surface area contributed by atoms with Gasteiger partial charge in [-0.1, -0.05) is 0 Å². The predicted molar refractivity (Wildman–Crippen MR) is 50.6 cm³/mol. The SMILES string of the molecule is NCCC(C[C@](N)(C(=O)O)[N+](=O)[O-])[N+](=O)[O-]. The van der Waals surface area contributed by atoms with Crippen molar-refractivity contribution in [3.8, 4) is 0 Å². The molecular formula is C6H12N4O6. The fraction of sp³-hybridized carbons (Fsp3) is 0.833. The number of carbonyl (C=O) groups is 1. The average molecular weight is 236 g/mol. The monoisotopic (exact) mass is 236 g/mol. The fourth-order valence-electron chi connectivity index (χ4n) is 1.07. The molecule has 0 saturated carbocycles. The summed E-state index contributed by atoms with van der Waals surface area (Å²) in [7, 11) is 0. The van der Waals surface area contributed by atoms with Gasteiger partial charge in [-0.3, -0.25) is 26.0 Å². The van der Waals surface area contributed by atoms with Crippen molar-refractivity contribution in [3.63, 3.8) is 0 Å². The third-order valence-electron chi connectivity index (χ3n) is 2.04. The number of nitrogens with two attached hydrogens (primary N) is 2. The number of hydrogen-bond acceptors (Lipinski definition) is 7. The lowest BCUT2D eigenvalue weighted by Crippen LogP contribution is -2.57. The van der Waals surface area contributed by atoms with Crippen LogP contribution in [0.1, 0.15) is 12.8 Å². The van der Waals surface area contributed by atoms with Gasteiger partial charge in [0.25, 0.3) is 0 Å². The summed E-state index contributed by atoms with van der Waals surface area (Å²) in [6.07, 6.45) is -1.08. The first-order valence-corrected chi connectivity index (χ1v) is 4.26. The standard InChI is InChI=1S/C6H12N4O6/c7-2-1-4(9(13)14)3-6(8,5(11)12)10(15)16/h4H,1-3,7-8H2,(H,11,12)/t4?,6-/m1/s1. The van der Waals surface area contributed by atoms with Crippen molar-refractivity contribution in [3.05, 3.63) is 20.2 Å². The van der Waals surface area contributed by atoms with Gasteiger partial charge in [0.05, 0.1) is 4.92 Å². The first-order valence-electron chi connectivity index (χ1n) is 4.26. The first-order chi connectivity index (χ1) is 7.25. The van der Waals surface area contributed by atoms with Gasteiger partial charge in [0.2, 0.25) is 6.04 Å². The number of nitrogens with zero attached hydrogens (tertiary/aromatic N) is 2. The molecule has 0 amide bonds. The van der Waals surface area contributed by atoms with Gasteiger partial charge in [0.15, 0.2) is 0 Å². The molecule has 0 spiro atoms. The highest BCUT2D eigenvalue weighted by Gasteiger charge is 2.51. The summed E-state index contributed by atoms with van der Waals surface area (Å²) in [5.41, 5.74) is 7.23. The largest absolute Gasteiger partial charge is 0.475 e. The number of aliphatic carboxylic acids is 1. The molecule has 0 aliphatic rings. The Morgan fingerprint density at radius 1 is 1.44 bits per heavy atom. The topological polar surface area (TPSA) is 176 Å². The van der Waals surface area contributed by atoms with Crippen molar-refractivity contribution in [2.24, 2.45) is 11.5 Å². The highest BCUT2D eigenvalue weighted by Crippen LogP contribution is 2.15. The molecule has 0 fully saturated rings. The molecule has 0 aliphatic heterocycles. The second-order valence-corrected chi connectivity index (χ2v) is 3.21. The molecule has 16 heavy (non-hydrogen) atoms. The zero-order chi connectivity index (χ0) is 12.9. The van der Waals surface area contributed by atoms with E-state index in [0.29, 0.717) is 0 Å². The molecule has 1 unspecified atom stereocenters. The molecule has 0 bridgehead atoms. The van der Waals surface area contributed by atoms with E-state index in [0.717, 1.165) is 0 Å². The minimum atomic E-state index is -2.85. The van der Waals surface area contributed by atoms with E-state index < -0.39 is 33.9 Å². The van der Waals surface area contributed by atoms with Gasteiger partial charge in [-0.25, -0.2) is 4.79 Å². The van der Waals surface area contributed by atoms with Gasteiger partial charge in [-0.2, -0.15) is 0 Å². The zero-order valence-electron chi connectivity index (χ0n) is 8.24. The summed E-state index contributed by atoms with van der Waals surface area (Å²) >= 11 is 0. The molecule has 5 N–H and O–H groups in total. The van der Waals surface area contributed by atoms with Crippen LogP contribution in [0, 0.1) is 20.2 Å². The highest BCUT2D eigenvalue weighted by atomic mass is 16.6. The Balaban J connectivity index is 4.92. The lowest BCUT2D eigenvalue weighted by Gasteiger charge is -2.17. The third-order valence-corrected chi connectivity index (χ3v) is 2.04. The van der Waals surface area contributed by atoms with Crippen LogP contribution in [0.3, 0.4) is 0 Å². The van der Waals surface area contributed by atoms with Crippen LogP contribution in [0.4, 0.5) is 0 Å². The van der Waals surface area contributed by atoms with E-state index in [4.69, 9.17) is 16.6 Å². The second-order valence-electron chi connectivity index (χ2n) is 3.21. The minimum absolute atomic E-state index is 0.0843. The zero-order valence-corrected chi connectivity index (χ0v) is 8.24. The lowest BCUT2D eigenvalue weighted by molar-refractivity contribution is -0.581. The smallest absolute Gasteiger partial charge is 0.399 e. The van der Waals surface area contributed by atoms with Crippen molar-refractivity contribution >= 4 is 5.97 Å². The normalized spacial score (nSPS) is 16.1. The summed E-state index contributed by atoms with van der Waals surface area (Å²) in [5.74, 6) is -1.92. The molecule has 0 aromatic heterocycles. The molecule has 0 aromatic carbocycles. The fourth-order valence-corrected chi connectivity index (χ4v) is 1.07. The Morgan fingerprint density at radius 2 is 1.94 bits per heavy atom. The molecule has 0 aromatic rings. The van der Waals surface area contributed by atoms with E-state index in [2.05, 4.69) is 0 Å². The van der Waals surface area contributed by atoms with Crippen molar-refractivity contribution in [2.75, 3.05) is 6.54 Å². The number of carboxylic acids is 1. The maximum Gasteiger partial charge on any atom is 0.399 e. The lowest BCUT2D eigenvalue weighted by atomic mass is 10.00. The Morgan fingerprint density at radius 3 is 2.19 bits per heavy atom. The van der Waals surface area contributed by atoms with Gasteiger partial charge in [0, 0.05) is 11.3 Å². The van der Waals surface area contributed by atoms with Crippen LogP contribution in [-0.4, -0.2) is 39.2 Å². The van der Waals surface area contributed by atoms with Crippen LogP contribution in [-0.2, 0) is 4.79 Å². The average Bonchev–Trinajstić information content (AvgIpc) is 2.15. The molecular weight excluding hydrogens is 224 g/mol. The Hall–Kier alpha value is -1.81. The van der Waals surface area contributed by atoms with E-state index in [1.54, 1.807) is 0 Å². The quantitative estimate of drug-likeness (QED) is 0.268. The molecule has 92 valence electrons. The van der Waals surface area contributed by atoms with Gasteiger partial charge < -0.3 is 10.8 Å². The number of carboxylic acid groups (broad SMARTS) is 1. The van der Waals surface area contributed by atoms with Crippen molar-refractivity contribution in [1.82, 2.24) is 0 Å². The summed E-state index contributed by atoms with van der Waals surface area (Å²) in [4.78, 5) is 29.5. The summed E-state index contributed by atoms with van der Waals surface area (Å²) in [5, 5.41) is 29.5. The van der Waals surface area contributed by atoms with Gasteiger partial charge in [-0.15, -0.1) is 0 Å². The van der Waals surface area contributed by atoms with Gasteiger partial charge >= 0.3 is 11.6 Å². The van der Waals surface area contributed by atoms with E-state index in [-0.39, 0.29) is 13.0 Å². The first kappa shape index (κ1) is 14.2. The van der Waals surface area contributed by atoms with E-state index in [9.17, 15) is 25.0 Å². The van der Waals surface area contributed by atoms with E-state index >= 15 is 0 Å². The molecule has 0 radical (unpaired) electrons. The number of hydrogen-bond donors (Lipinski definition) is 3. The number of rotatable bonds is 7. The maximum atomic E-state index is 10.6. The van der Waals surface area contributed by atoms with Crippen LogP contribution in [0.25, 0.3) is 0 Å². The Bertz CT molecular complexity index is 291. The molecule has 2 atom stereocenters. The molecule has 10 nitrogen and oxygen atoms in total. The highest BCUT2D eigenvalue weighted by molar-refractivity contribution is 5.76. The Kier molecular flexibility index (Phi) is 4.72. The molecule has 0 aliphatic carbocycles. The molecule has 0 heterocycles. The number of nitro groups is 2. The summed E-state index contributed by atoms with van der Waals surface area (Å²) in [6.45, 7) is -0.0843. The second kappa shape index (κ2) is 5.32. The maximum absolute atomic E-state index is 10.6. The van der Waals surface area contributed by atoms with E-state index in [1.165, 1.54) is 0 Å². The predicted octanol–water partition coefficient (Wildman–Crippen LogP) is -1.61. The van der Waals surface area contributed by atoms with Crippen LogP contribution in [0.15, 0.2) is 0 Å². The minimum Gasteiger partial charge on any atom is -0.475 e. The Labute approximate surface area is 89.5 Å². The third kappa shape index (κ3) is 3.10. The molecule has 0 saturated heterocycles. The van der Waals surface area contributed by atoms with Crippen LogP contribution < -0.4 is 11.5 Å². The van der Waals surface area contributed by atoms with Crippen LogP contribution in [0.5, 0.6) is 0 Å². The van der Waals surface area contributed by atoms with Crippen molar-refractivity contribution in [1.29, 1.82) is 0 Å². The van der Waals surface area contributed by atoms with Gasteiger partial charge in [0.1, 0.15) is 6.42 Å². The van der Waals surface area contributed by atoms with Gasteiger partial charge in [-0.05, 0) is 6.54 Å². The summed E-state index contributed by atoms with van der Waals surface area (Å²) in [6, 6.07) is -1.45. The van der Waals surface area contributed by atoms with Crippen molar-refractivity contribution in [2.45, 2.75) is 24.5 Å². The van der Waals surface area contributed by atoms with Crippen LogP contribution >= 0.6 is 0 Å². The molecule has 10 heteroatoms.